The minimum absolute atomic E-state index is 0.679. The van der Waals surface area contributed by atoms with Crippen molar-refractivity contribution < 1.29 is 14.6 Å². The molecule has 0 radical (unpaired) electrons. The van der Waals surface area contributed by atoms with Crippen LogP contribution in [-0.4, -0.2) is 23.2 Å². The number of ether oxygens (including phenoxy) is 1. The van der Waals surface area contributed by atoms with Gasteiger partial charge in [-0.3, -0.25) is 4.79 Å². The van der Waals surface area contributed by atoms with Gasteiger partial charge in [0, 0.05) is 16.6 Å². The molecule has 0 saturated carbocycles. The summed E-state index contributed by atoms with van der Waals surface area (Å²) in [6, 6.07) is 3.98. The van der Waals surface area contributed by atoms with Crippen molar-refractivity contribution in [3.05, 3.63) is 29.0 Å². The lowest BCUT2D eigenvalue weighted by atomic mass is 9.75. The summed E-state index contributed by atoms with van der Waals surface area (Å²) in [6.45, 7) is 3.83. The average molecular weight is 273 g/mol. The first-order chi connectivity index (χ1) is 9.47. The third-order valence-corrected chi connectivity index (χ3v) is 4.55. The van der Waals surface area contributed by atoms with Crippen molar-refractivity contribution in [2.75, 3.05) is 7.11 Å². The summed E-state index contributed by atoms with van der Waals surface area (Å²) in [5.41, 5.74) is 3.30. The molecule has 0 bridgehead atoms. The van der Waals surface area contributed by atoms with Crippen molar-refractivity contribution in [1.82, 2.24) is 4.98 Å². The molecule has 106 valence electrons. The molecule has 2 aromatic rings. The highest BCUT2D eigenvalue weighted by Crippen LogP contribution is 2.42. The van der Waals surface area contributed by atoms with Gasteiger partial charge in [-0.15, -0.1) is 0 Å². The minimum atomic E-state index is -0.813. The second-order valence-corrected chi connectivity index (χ2v) is 5.84. The van der Waals surface area contributed by atoms with Gasteiger partial charge in [-0.05, 0) is 56.4 Å². The number of rotatable bonds is 2. The van der Waals surface area contributed by atoms with Crippen LogP contribution in [0.3, 0.4) is 0 Å². The van der Waals surface area contributed by atoms with Crippen molar-refractivity contribution >= 4 is 16.9 Å². The zero-order valence-electron chi connectivity index (χ0n) is 12.0. The Morgan fingerprint density at radius 1 is 1.45 bits per heavy atom. The molecule has 0 spiro atoms. The molecule has 0 aliphatic heterocycles. The largest absolute Gasteiger partial charge is 0.497 e. The number of H-pyrrole nitrogens is 1. The Morgan fingerprint density at radius 3 is 2.85 bits per heavy atom. The topological polar surface area (TPSA) is 62.3 Å². The molecule has 1 atom stereocenters. The van der Waals surface area contributed by atoms with E-state index >= 15 is 0 Å². The Morgan fingerprint density at radius 2 is 2.20 bits per heavy atom. The van der Waals surface area contributed by atoms with E-state index in [-0.39, 0.29) is 0 Å². The van der Waals surface area contributed by atoms with Crippen LogP contribution in [-0.2, 0) is 16.6 Å². The smallest absolute Gasteiger partial charge is 0.315 e. The lowest BCUT2D eigenvalue weighted by Gasteiger charge is -2.29. The lowest BCUT2D eigenvalue weighted by molar-refractivity contribution is -0.143. The van der Waals surface area contributed by atoms with Crippen LogP contribution < -0.4 is 4.74 Å². The van der Waals surface area contributed by atoms with E-state index in [1.54, 1.807) is 7.11 Å². The molecule has 0 saturated heterocycles. The SMILES string of the molecule is COc1cc(C)c2[nH]c3c(c2c1)CCCC3(C)C(=O)O. The summed E-state index contributed by atoms with van der Waals surface area (Å²) in [5.74, 6) is 0.0639. The maximum absolute atomic E-state index is 11.7. The summed E-state index contributed by atoms with van der Waals surface area (Å²) in [4.78, 5) is 15.1. The van der Waals surface area contributed by atoms with E-state index in [2.05, 4.69) is 4.98 Å². The predicted molar refractivity (Wildman–Crippen MR) is 77.5 cm³/mol. The van der Waals surface area contributed by atoms with Crippen LogP contribution in [0.5, 0.6) is 5.75 Å². The van der Waals surface area contributed by atoms with Crippen LogP contribution in [0.4, 0.5) is 0 Å². The van der Waals surface area contributed by atoms with E-state index in [1.807, 2.05) is 26.0 Å². The van der Waals surface area contributed by atoms with E-state index in [0.717, 1.165) is 46.3 Å². The molecule has 4 nitrogen and oxygen atoms in total. The summed E-state index contributed by atoms with van der Waals surface area (Å²) in [5, 5.41) is 10.7. The van der Waals surface area contributed by atoms with Gasteiger partial charge in [0.15, 0.2) is 0 Å². The standard InChI is InChI=1S/C16H19NO3/c1-9-7-10(20-3)8-12-11-5-4-6-16(2,15(18)19)14(11)17-13(9)12/h7-8,17H,4-6H2,1-3H3,(H,18,19). The second-order valence-electron chi connectivity index (χ2n) is 5.84. The Kier molecular flexibility index (Phi) is 2.78. The van der Waals surface area contributed by atoms with Gasteiger partial charge in [0.05, 0.1) is 7.11 Å². The van der Waals surface area contributed by atoms with E-state index in [1.165, 1.54) is 0 Å². The number of aromatic nitrogens is 1. The molecular weight excluding hydrogens is 254 g/mol. The van der Waals surface area contributed by atoms with Crippen LogP contribution in [0, 0.1) is 6.92 Å². The molecule has 1 aromatic heterocycles. The van der Waals surface area contributed by atoms with E-state index in [9.17, 15) is 9.90 Å². The van der Waals surface area contributed by atoms with E-state index < -0.39 is 11.4 Å². The molecule has 1 heterocycles. The van der Waals surface area contributed by atoms with Crippen molar-refractivity contribution in [3.8, 4) is 5.75 Å². The number of carbonyl (C=O) groups is 1. The molecule has 1 aliphatic carbocycles. The number of carboxylic acid groups (broad SMARTS) is 1. The summed E-state index contributed by atoms with van der Waals surface area (Å²) < 4.78 is 5.33. The lowest BCUT2D eigenvalue weighted by Crippen LogP contribution is -2.36. The van der Waals surface area contributed by atoms with Gasteiger partial charge in [0.25, 0.3) is 0 Å². The summed E-state index contributed by atoms with van der Waals surface area (Å²) in [7, 11) is 1.65. The van der Waals surface area contributed by atoms with Crippen molar-refractivity contribution in [1.29, 1.82) is 0 Å². The average Bonchev–Trinajstić information content (AvgIpc) is 2.79. The number of hydrogen-bond donors (Lipinski definition) is 2. The maximum Gasteiger partial charge on any atom is 0.315 e. The van der Waals surface area contributed by atoms with Crippen LogP contribution in [0.15, 0.2) is 12.1 Å². The molecule has 20 heavy (non-hydrogen) atoms. The van der Waals surface area contributed by atoms with Crippen molar-refractivity contribution in [2.24, 2.45) is 0 Å². The maximum atomic E-state index is 11.7. The Hall–Kier alpha value is -1.97. The van der Waals surface area contributed by atoms with E-state index in [4.69, 9.17) is 4.74 Å². The third-order valence-electron chi connectivity index (χ3n) is 4.55. The molecule has 1 unspecified atom stereocenters. The second kappa shape index (κ2) is 4.27. The number of carboxylic acids is 1. The fourth-order valence-electron chi connectivity index (χ4n) is 3.30. The highest BCUT2D eigenvalue weighted by molar-refractivity contribution is 5.92. The van der Waals surface area contributed by atoms with Crippen LogP contribution >= 0.6 is 0 Å². The van der Waals surface area contributed by atoms with Crippen molar-refractivity contribution in [2.45, 2.75) is 38.5 Å². The van der Waals surface area contributed by atoms with E-state index in [0.29, 0.717) is 6.42 Å². The molecule has 0 fully saturated rings. The Bertz CT molecular complexity index is 701. The van der Waals surface area contributed by atoms with Gasteiger partial charge >= 0.3 is 5.97 Å². The quantitative estimate of drug-likeness (QED) is 0.883. The minimum Gasteiger partial charge on any atom is -0.497 e. The first kappa shape index (κ1) is 13.0. The Balaban J connectivity index is 2.33. The normalized spacial score (nSPS) is 21.8. The van der Waals surface area contributed by atoms with Crippen LogP contribution in [0.1, 0.15) is 36.6 Å². The van der Waals surface area contributed by atoms with Gasteiger partial charge in [-0.1, -0.05) is 0 Å². The number of benzene rings is 1. The first-order valence-corrected chi connectivity index (χ1v) is 6.90. The van der Waals surface area contributed by atoms with Crippen molar-refractivity contribution in [3.63, 3.8) is 0 Å². The first-order valence-electron chi connectivity index (χ1n) is 6.90. The molecule has 0 amide bonds. The molecule has 1 aliphatic rings. The summed E-state index contributed by atoms with van der Waals surface area (Å²) >= 11 is 0. The molecule has 3 rings (SSSR count). The Labute approximate surface area is 117 Å². The highest BCUT2D eigenvalue weighted by Gasteiger charge is 2.41. The third kappa shape index (κ3) is 1.64. The summed E-state index contributed by atoms with van der Waals surface area (Å²) in [6.07, 6.45) is 2.50. The number of nitrogens with one attached hydrogen (secondary N) is 1. The van der Waals surface area contributed by atoms with Gasteiger partial charge in [-0.25, -0.2) is 0 Å². The van der Waals surface area contributed by atoms with Gasteiger partial charge in [-0.2, -0.15) is 0 Å². The molecular formula is C16H19NO3. The monoisotopic (exact) mass is 273 g/mol. The predicted octanol–water partition coefficient (Wildman–Crippen LogP) is 3.16. The van der Waals surface area contributed by atoms with Gasteiger partial charge in [0.1, 0.15) is 11.2 Å². The van der Waals surface area contributed by atoms with Gasteiger partial charge < -0.3 is 14.8 Å². The number of aromatic amines is 1. The zero-order valence-corrected chi connectivity index (χ0v) is 12.0. The fourth-order valence-corrected chi connectivity index (χ4v) is 3.30. The van der Waals surface area contributed by atoms with Crippen LogP contribution in [0.2, 0.25) is 0 Å². The van der Waals surface area contributed by atoms with Gasteiger partial charge in [0.2, 0.25) is 0 Å². The molecule has 1 aromatic carbocycles. The molecule has 2 N–H and O–H groups in total. The number of methoxy groups -OCH3 is 1. The number of aliphatic carboxylic acids is 1. The van der Waals surface area contributed by atoms with Crippen LogP contribution in [0.25, 0.3) is 10.9 Å². The number of hydrogen-bond acceptors (Lipinski definition) is 2. The number of fused-ring (bicyclic) bond motifs is 3. The fraction of sp³-hybridized carbons (Fsp3) is 0.438. The highest BCUT2D eigenvalue weighted by atomic mass is 16.5. The molecule has 4 heteroatoms. The zero-order chi connectivity index (χ0) is 14.5. The number of aryl methyl sites for hydroxylation is 2.